The maximum atomic E-state index is 10.6. The summed E-state index contributed by atoms with van der Waals surface area (Å²) in [6, 6.07) is 5.94. The number of aliphatic hydroxyl groups is 1. The highest BCUT2D eigenvalue weighted by atomic mass is 32.2. The van der Waals surface area contributed by atoms with Crippen LogP contribution in [-0.4, -0.2) is 18.5 Å². The molecule has 0 unspecified atom stereocenters. The van der Waals surface area contributed by atoms with E-state index in [1.807, 2.05) is 24.5 Å². The van der Waals surface area contributed by atoms with Gasteiger partial charge in [0.25, 0.3) is 0 Å². The summed E-state index contributed by atoms with van der Waals surface area (Å²) in [5.41, 5.74) is 0.407. The van der Waals surface area contributed by atoms with Gasteiger partial charge in [0.05, 0.1) is 17.6 Å². The molecule has 1 saturated carbocycles. The van der Waals surface area contributed by atoms with E-state index in [1.54, 1.807) is 18.9 Å². The topological polar surface area (TPSA) is 29.5 Å². The van der Waals surface area contributed by atoms with Crippen molar-refractivity contribution in [1.82, 2.24) is 0 Å². The van der Waals surface area contributed by atoms with Gasteiger partial charge in [0.15, 0.2) is 0 Å². The van der Waals surface area contributed by atoms with E-state index in [9.17, 15) is 5.11 Å². The molecule has 2 nitrogen and oxygen atoms in total. The first-order valence-electron chi connectivity index (χ1n) is 5.65. The second-order valence-electron chi connectivity index (χ2n) is 4.28. The fourth-order valence-electron chi connectivity index (χ4n) is 2.48. The van der Waals surface area contributed by atoms with Crippen molar-refractivity contribution < 1.29 is 9.84 Å². The van der Waals surface area contributed by atoms with Crippen molar-refractivity contribution in [3.8, 4) is 5.75 Å². The molecule has 1 fully saturated rings. The molecule has 0 aliphatic heterocycles. The number of hydrogen-bond acceptors (Lipinski definition) is 3. The maximum absolute atomic E-state index is 10.6. The Balaban J connectivity index is 2.47. The van der Waals surface area contributed by atoms with Crippen molar-refractivity contribution in [1.29, 1.82) is 0 Å². The quantitative estimate of drug-likeness (QED) is 0.820. The second-order valence-corrected chi connectivity index (χ2v) is 5.10. The first-order chi connectivity index (χ1) is 7.71. The molecule has 0 atom stereocenters. The van der Waals surface area contributed by atoms with E-state index in [1.165, 1.54) is 0 Å². The molecule has 1 N–H and O–H groups in total. The van der Waals surface area contributed by atoms with Crippen molar-refractivity contribution in [3.63, 3.8) is 0 Å². The highest BCUT2D eigenvalue weighted by Gasteiger charge is 2.35. The fraction of sp³-hybridized carbons (Fsp3) is 0.538. The third kappa shape index (κ3) is 1.94. The highest BCUT2D eigenvalue weighted by molar-refractivity contribution is 7.98. The summed E-state index contributed by atoms with van der Waals surface area (Å²) in [6.07, 6.45) is 5.99. The van der Waals surface area contributed by atoms with Crippen molar-refractivity contribution in [2.75, 3.05) is 13.4 Å². The van der Waals surface area contributed by atoms with E-state index in [0.717, 1.165) is 41.9 Å². The van der Waals surface area contributed by atoms with Gasteiger partial charge >= 0.3 is 0 Å². The molecule has 1 aromatic carbocycles. The van der Waals surface area contributed by atoms with Crippen LogP contribution in [0, 0.1) is 0 Å². The third-order valence-corrected chi connectivity index (χ3v) is 4.16. The highest BCUT2D eigenvalue weighted by Crippen LogP contribution is 2.44. The Morgan fingerprint density at radius 3 is 2.56 bits per heavy atom. The normalized spacial score (nSPS) is 18.7. The number of thioether (sulfide) groups is 1. The lowest BCUT2D eigenvalue weighted by Crippen LogP contribution is -2.22. The molecule has 0 bridgehead atoms. The molecule has 0 aromatic heterocycles. The molecule has 1 aromatic rings. The van der Waals surface area contributed by atoms with Crippen LogP contribution in [0.25, 0.3) is 0 Å². The number of benzene rings is 1. The minimum atomic E-state index is -0.632. The van der Waals surface area contributed by atoms with Gasteiger partial charge < -0.3 is 9.84 Å². The fourth-order valence-corrected chi connectivity index (χ4v) is 3.31. The Morgan fingerprint density at radius 2 is 2.00 bits per heavy atom. The van der Waals surface area contributed by atoms with Crippen molar-refractivity contribution >= 4 is 11.8 Å². The zero-order chi connectivity index (χ0) is 11.6. The molecule has 1 aliphatic rings. The Hall–Kier alpha value is -0.670. The molecule has 0 heterocycles. The van der Waals surface area contributed by atoms with E-state index in [2.05, 4.69) is 0 Å². The van der Waals surface area contributed by atoms with Gasteiger partial charge in [-0.05, 0) is 25.2 Å². The lowest BCUT2D eigenvalue weighted by atomic mass is 9.92. The molecular formula is C13H18O2S. The van der Waals surface area contributed by atoms with Crippen molar-refractivity contribution in [3.05, 3.63) is 23.8 Å². The van der Waals surface area contributed by atoms with E-state index in [4.69, 9.17) is 4.74 Å². The summed E-state index contributed by atoms with van der Waals surface area (Å²) in [6.45, 7) is 0. The van der Waals surface area contributed by atoms with Gasteiger partial charge in [0.2, 0.25) is 0 Å². The molecule has 0 radical (unpaired) electrons. The van der Waals surface area contributed by atoms with Crippen LogP contribution in [0.5, 0.6) is 5.75 Å². The predicted octanol–water partition coefficient (Wildman–Crippen LogP) is 3.18. The zero-order valence-electron chi connectivity index (χ0n) is 9.82. The van der Waals surface area contributed by atoms with Gasteiger partial charge in [-0.3, -0.25) is 0 Å². The van der Waals surface area contributed by atoms with Crippen LogP contribution in [0.2, 0.25) is 0 Å². The Bertz CT molecular complexity index is 370. The third-order valence-electron chi connectivity index (χ3n) is 3.34. The Kier molecular flexibility index (Phi) is 3.45. The van der Waals surface area contributed by atoms with Crippen LogP contribution in [0.3, 0.4) is 0 Å². The molecule has 1 aliphatic carbocycles. The van der Waals surface area contributed by atoms with Crippen molar-refractivity contribution in [2.45, 2.75) is 36.2 Å². The smallest absolute Gasteiger partial charge is 0.132 e. The monoisotopic (exact) mass is 238 g/mol. The van der Waals surface area contributed by atoms with Crippen LogP contribution >= 0.6 is 11.8 Å². The zero-order valence-corrected chi connectivity index (χ0v) is 10.6. The number of hydrogen-bond donors (Lipinski definition) is 1. The van der Waals surface area contributed by atoms with Gasteiger partial charge in [-0.2, -0.15) is 0 Å². The summed E-state index contributed by atoms with van der Waals surface area (Å²) >= 11 is 1.65. The lowest BCUT2D eigenvalue weighted by molar-refractivity contribution is 0.0414. The summed E-state index contributed by atoms with van der Waals surface area (Å²) < 4.78 is 5.35. The Morgan fingerprint density at radius 1 is 1.31 bits per heavy atom. The van der Waals surface area contributed by atoms with Crippen molar-refractivity contribution in [2.24, 2.45) is 0 Å². The van der Waals surface area contributed by atoms with E-state index in [0.29, 0.717) is 0 Å². The minimum Gasteiger partial charge on any atom is -0.496 e. The molecule has 2 rings (SSSR count). The minimum absolute atomic E-state index is 0.632. The summed E-state index contributed by atoms with van der Waals surface area (Å²) in [5, 5.41) is 10.6. The summed E-state index contributed by atoms with van der Waals surface area (Å²) in [4.78, 5) is 1.08. The molecule has 16 heavy (non-hydrogen) atoms. The lowest BCUT2D eigenvalue weighted by Gasteiger charge is -2.26. The standard InChI is InChI=1S/C13H18O2S/c1-15-11-7-5-6-10(12(11)16-2)13(14)8-3-4-9-13/h5-7,14H,3-4,8-9H2,1-2H3. The van der Waals surface area contributed by atoms with Gasteiger partial charge in [-0.25, -0.2) is 0 Å². The van der Waals surface area contributed by atoms with Crippen LogP contribution in [0.1, 0.15) is 31.2 Å². The Labute approximate surface area is 101 Å². The summed E-state index contributed by atoms with van der Waals surface area (Å²) in [5.74, 6) is 0.866. The van der Waals surface area contributed by atoms with Gasteiger partial charge in [0, 0.05) is 5.56 Å². The molecule has 3 heteroatoms. The average molecular weight is 238 g/mol. The van der Waals surface area contributed by atoms with Crippen LogP contribution in [0.4, 0.5) is 0 Å². The first-order valence-corrected chi connectivity index (χ1v) is 6.87. The van der Waals surface area contributed by atoms with Gasteiger partial charge in [-0.15, -0.1) is 11.8 Å². The molecular weight excluding hydrogens is 220 g/mol. The van der Waals surface area contributed by atoms with E-state index >= 15 is 0 Å². The summed E-state index contributed by atoms with van der Waals surface area (Å²) in [7, 11) is 1.68. The first kappa shape index (κ1) is 11.8. The van der Waals surface area contributed by atoms with E-state index < -0.39 is 5.60 Å². The van der Waals surface area contributed by atoms with Crippen LogP contribution in [-0.2, 0) is 5.60 Å². The van der Waals surface area contributed by atoms with E-state index in [-0.39, 0.29) is 0 Å². The number of rotatable bonds is 3. The van der Waals surface area contributed by atoms with Crippen LogP contribution in [0.15, 0.2) is 23.1 Å². The largest absolute Gasteiger partial charge is 0.496 e. The van der Waals surface area contributed by atoms with Crippen LogP contribution < -0.4 is 4.74 Å². The maximum Gasteiger partial charge on any atom is 0.132 e. The number of ether oxygens (including phenoxy) is 1. The molecule has 0 amide bonds. The van der Waals surface area contributed by atoms with Gasteiger partial charge in [0.1, 0.15) is 5.75 Å². The molecule has 0 saturated heterocycles. The van der Waals surface area contributed by atoms with Gasteiger partial charge in [-0.1, -0.05) is 25.0 Å². The SMILES string of the molecule is COc1cccc(C2(O)CCCC2)c1SC. The second kappa shape index (κ2) is 4.68. The molecule has 0 spiro atoms. The average Bonchev–Trinajstić information content (AvgIpc) is 2.76. The predicted molar refractivity (Wildman–Crippen MR) is 67.1 cm³/mol. The number of methoxy groups -OCH3 is 1. The molecule has 88 valence electrons.